The minimum atomic E-state index is -0.972. The van der Waals surface area contributed by atoms with Crippen LogP contribution in [0.1, 0.15) is 50.2 Å². The molecule has 0 spiro atoms. The molecular weight excluding hydrogens is 258 g/mol. The van der Waals surface area contributed by atoms with E-state index in [0.717, 1.165) is 18.5 Å². The predicted molar refractivity (Wildman–Crippen MR) is 76.4 cm³/mol. The van der Waals surface area contributed by atoms with E-state index in [1.165, 1.54) is 6.07 Å². The Morgan fingerprint density at radius 1 is 1.30 bits per heavy atom. The number of hydrogen-bond acceptors (Lipinski definition) is 4. The fourth-order valence-corrected chi connectivity index (χ4v) is 1.64. The van der Waals surface area contributed by atoms with Gasteiger partial charge in [0, 0.05) is 11.8 Å². The van der Waals surface area contributed by atoms with E-state index in [-0.39, 0.29) is 11.2 Å². The van der Waals surface area contributed by atoms with E-state index >= 15 is 0 Å². The Balaban J connectivity index is 2.66. The zero-order chi connectivity index (χ0) is 15.2. The standard InChI is InChI=1S/C15H23NO4/c1-5-6-12-9-11(14(17)18)10-13(16-12)19-7-8-20-15(2,3)4/h9-10H,5-8H2,1-4H3,(H,17,18). The fourth-order valence-electron chi connectivity index (χ4n) is 1.64. The van der Waals surface area contributed by atoms with Gasteiger partial charge in [0.05, 0.1) is 17.8 Å². The number of nitrogens with zero attached hydrogens (tertiary/aromatic N) is 1. The molecule has 1 aromatic heterocycles. The monoisotopic (exact) mass is 281 g/mol. The first-order chi connectivity index (χ1) is 9.31. The molecule has 0 amide bonds. The number of aromatic carboxylic acids is 1. The molecule has 0 bridgehead atoms. The van der Waals surface area contributed by atoms with Gasteiger partial charge in [0.1, 0.15) is 6.61 Å². The van der Waals surface area contributed by atoms with Crippen LogP contribution in [0.5, 0.6) is 5.88 Å². The molecular formula is C15H23NO4. The Hall–Kier alpha value is -1.62. The minimum absolute atomic E-state index is 0.204. The molecule has 5 heteroatoms. The molecule has 0 atom stereocenters. The highest BCUT2D eigenvalue weighted by molar-refractivity contribution is 5.88. The molecule has 0 fully saturated rings. The van der Waals surface area contributed by atoms with Gasteiger partial charge in [-0.2, -0.15) is 0 Å². The van der Waals surface area contributed by atoms with Gasteiger partial charge >= 0.3 is 5.97 Å². The highest BCUT2D eigenvalue weighted by atomic mass is 16.5. The molecule has 1 rings (SSSR count). The summed E-state index contributed by atoms with van der Waals surface area (Å²) in [4.78, 5) is 15.4. The van der Waals surface area contributed by atoms with Crippen molar-refractivity contribution >= 4 is 5.97 Å². The maximum absolute atomic E-state index is 11.1. The zero-order valence-corrected chi connectivity index (χ0v) is 12.6. The van der Waals surface area contributed by atoms with Gasteiger partial charge in [0.2, 0.25) is 5.88 Å². The average Bonchev–Trinajstić information content (AvgIpc) is 2.33. The predicted octanol–water partition coefficient (Wildman–Crippen LogP) is 2.93. The second-order valence-electron chi connectivity index (χ2n) is 5.55. The molecule has 0 aliphatic heterocycles. The number of carbonyl (C=O) groups is 1. The molecule has 0 radical (unpaired) electrons. The highest BCUT2D eigenvalue weighted by Crippen LogP contribution is 2.15. The number of hydrogen-bond donors (Lipinski definition) is 1. The van der Waals surface area contributed by atoms with Crippen LogP contribution >= 0.6 is 0 Å². The number of aryl methyl sites for hydroxylation is 1. The van der Waals surface area contributed by atoms with Crippen LogP contribution < -0.4 is 4.74 Å². The third-order valence-corrected chi connectivity index (χ3v) is 2.48. The lowest BCUT2D eigenvalue weighted by Crippen LogP contribution is -2.22. The van der Waals surface area contributed by atoms with Crippen molar-refractivity contribution in [2.75, 3.05) is 13.2 Å². The topological polar surface area (TPSA) is 68.7 Å². The maximum Gasteiger partial charge on any atom is 0.335 e. The van der Waals surface area contributed by atoms with Crippen molar-refractivity contribution < 1.29 is 19.4 Å². The molecule has 0 saturated carbocycles. The molecule has 0 aromatic carbocycles. The van der Waals surface area contributed by atoms with Gasteiger partial charge in [-0.25, -0.2) is 9.78 Å². The summed E-state index contributed by atoms with van der Waals surface area (Å²) >= 11 is 0. The first-order valence-electron chi connectivity index (χ1n) is 6.83. The smallest absolute Gasteiger partial charge is 0.335 e. The quantitative estimate of drug-likeness (QED) is 0.778. The Morgan fingerprint density at radius 3 is 2.55 bits per heavy atom. The van der Waals surface area contributed by atoms with Gasteiger partial charge in [0.25, 0.3) is 0 Å². The first kappa shape index (κ1) is 16.4. The van der Waals surface area contributed by atoms with Crippen LogP contribution in [-0.2, 0) is 11.2 Å². The highest BCUT2D eigenvalue weighted by Gasteiger charge is 2.11. The Labute approximate surface area is 119 Å². The molecule has 1 aromatic rings. The van der Waals surface area contributed by atoms with Gasteiger partial charge in [-0.1, -0.05) is 13.3 Å². The molecule has 0 saturated heterocycles. The van der Waals surface area contributed by atoms with Gasteiger partial charge < -0.3 is 14.6 Å². The number of aromatic nitrogens is 1. The Morgan fingerprint density at radius 2 is 2.00 bits per heavy atom. The SMILES string of the molecule is CCCc1cc(C(=O)O)cc(OCCOC(C)(C)C)n1. The van der Waals surface area contributed by atoms with Crippen molar-refractivity contribution in [2.24, 2.45) is 0 Å². The molecule has 1 heterocycles. The van der Waals surface area contributed by atoms with Gasteiger partial charge in [0.15, 0.2) is 0 Å². The summed E-state index contributed by atoms with van der Waals surface area (Å²) in [5.41, 5.74) is 0.724. The van der Waals surface area contributed by atoms with Crippen molar-refractivity contribution in [3.05, 3.63) is 23.4 Å². The summed E-state index contributed by atoms with van der Waals surface area (Å²) in [7, 11) is 0. The normalized spacial score (nSPS) is 11.4. The van der Waals surface area contributed by atoms with Crippen molar-refractivity contribution in [1.29, 1.82) is 0 Å². The van der Waals surface area contributed by atoms with Gasteiger partial charge in [-0.15, -0.1) is 0 Å². The van der Waals surface area contributed by atoms with Crippen LogP contribution in [0.4, 0.5) is 0 Å². The van der Waals surface area contributed by atoms with E-state index in [2.05, 4.69) is 4.98 Å². The van der Waals surface area contributed by atoms with E-state index in [1.807, 2.05) is 27.7 Å². The van der Waals surface area contributed by atoms with Crippen LogP contribution in [0.25, 0.3) is 0 Å². The third-order valence-electron chi connectivity index (χ3n) is 2.48. The molecule has 0 aliphatic carbocycles. The van der Waals surface area contributed by atoms with Crippen molar-refractivity contribution in [3.63, 3.8) is 0 Å². The van der Waals surface area contributed by atoms with Gasteiger partial charge in [-0.3, -0.25) is 0 Å². The van der Waals surface area contributed by atoms with Crippen LogP contribution in [0, 0.1) is 0 Å². The van der Waals surface area contributed by atoms with E-state index in [0.29, 0.717) is 19.1 Å². The number of pyridine rings is 1. The lowest BCUT2D eigenvalue weighted by atomic mass is 10.1. The summed E-state index contributed by atoms with van der Waals surface area (Å²) < 4.78 is 11.0. The molecule has 0 unspecified atom stereocenters. The molecule has 20 heavy (non-hydrogen) atoms. The summed E-state index contributed by atoms with van der Waals surface area (Å²) in [6, 6.07) is 3.03. The summed E-state index contributed by atoms with van der Waals surface area (Å²) in [5, 5.41) is 9.07. The van der Waals surface area contributed by atoms with E-state index < -0.39 is 5.97 Å². The molecule has 5 nitrogen and oxygen atoms in total. The van der Waals surface area contributed by atoms with Crippen molar-refractivity contribution in [1.82, 2.24) is 4.98 Å². The zero-order valence-electron chi connectivity index (χ0n) is 12.6. The van der Waals surface area contributed by atoms with Crippen LogP contribution in [0.2, 0.25) is 0 Å². The summed E-state index contributed by atoms with van der Waals surface area (Å²) in [6.07, 6.45) is 1.64. The van der Waals surface area contributed by atoms with E-state index in [9.17, 15) is 4.79 Å². The van der Waals surface area contributed by atoms with E-state index in [1.54, 1.807) is 6.07 Å². The fraction of sp³-hybridized carbons (Fsp3) is 0.600. The lowest BCUT2D eigenvalue weighted by Gasteiger charge is -2.19. The van der Waals surface area contributed by atoms with E-state index in [4.69, 9.17) is 14.6 Å². The lowest BCUT2D eigenvalue weighted by molar-refractivity contribution is -0.0168. The maximum atomic E-state index is 11.1. The Bertz CT molecular complexity index is 452. The molecule has 0 aliphatic rings. The largest absolute Gasteiger partial charge is 0.478 e. The Kier molecular flexibility index (Phi) is 5.95. The van der Waals surface area contributed by atoms with Gasteiger partial charge in [-0.05, 0) is 33.3 Å². The average molecular weight is 281 g/mol. The molecule has 1 N–H and O–H groups in total. The first-order valence-corrected chi connectivity index (χ1v) is 6.83. The number of ether oxygens (including phenoxy) is 2. The van der Waals surface area contributed by atoms with Crippen LogP contribution in [0.3, 0.4) is 0 Å². The minimum Gasteiger partial charge on any atom is -0.478 e. The third kappa shape index (κ3) is 6.02. The van der Waals surface area contributed by atoms with Crippen LogP contribution in [0.15, 0.2) is 12.1 Å². The summed E-state index contributed by atoms with van der Waals surface area (Å²) in [6.45, 7) is 8.71. The van der Waals surface area contributed by atoms with Crippen molar-refractivity contribution in [3.8, 4) is 5.88 Å². The van der Waals surface area contributed by atoms with Crippen LogP contribution in [-0.4, -0.2) is 34.9 Å². The summed E-state index contributed by atoms with van der Waals surface area (Å²) in [5.74, 6) is -0.633. The number of rotatable bonds is 7. The number of carboxylic acids is 1. The second-order valence-corrected chi connectivity index (χ2v) is 5.55. The number of carboxylic acid groups (broad SMARTS) is 1. The second kappa shape index (κ2) is 7.24. The molecule has 112 valence electrons. The van der Waals surface area contributed by atoms with Crippen molar-refractivity contribution in [2.45, 2.75) is 46.1 Å².